The predicted octanol–water partition coefficient (Wildman–Crippen LogP) is 5.38. The molecule has 0 unspecified atom stereocenters. The number of aryl methyl sites for hydroxylation is 2. The first kappa shape index (κ1) is 17.4. The summed E-state index contributed by atoms with van der Waals surface area (Å²) in [6.07, 6.45) is 0.581. The molecule has 3 rings (SSSR count). The highest BCUT2D eigenvalue weighted by molar-refractivity contribution is 5.73. The summed E-state index contributed by atoms with van der Waals surface area (Å²) in [5.41, 5.74) is 3.42. The van der Waals surface area contributed by atoms with Gasteiger partial charge >= 0.3 is 0 Å². The number of hydrogen-bond acceptors (Lipinski definition) is 5. The van der Waals surface area contributed by atoms with Crippen LogP contribution in [0.5, 0.6) is 11.5 Å². The van der Waals surface area contributed by atoms with E-state index >= 15 is 0 Å². The van der Waals surface area contributed by atoms with E-state index in [1.807, 2.05) is 32.9 Å². The quantitative estimate of drug-likeness (QED) is 0.350. The number of carbonyl (C=O) groups excluding carboxylic acids is 1. The largest absolute Gasteiger partial charge is 0.457 e. The number of nitro benzene ring substituents is 1. The number of carbonyl (C=O) groups is 1. The van der Waals surface area contributed by atoms with Crippen molar-refractivity contribution in [3.8, 4) is 22.8 Å². The lowest BCUT2D eigenvalue weighted by molar-refractivity contribution is -0.384. The maximum atomic E-state index is 11.3. The number of benzene rings is 2. The monoisotopic (exact) mass is 351 g/mol. The first-order valence-corrected chi connectivity index (χ1v) is 7.98. The summed E-state index contributed by atoms with van der Waals surface area (Å²) in [4.78, 5) is 21.6. The highest BCUT2D eigenvalue weighted by atomic mass is 16.6. The molecule has 0 amide bonds. The Labute approximate surface area is 150 Å². The van der Waals surface area contributed by atoms with Gasteiger partial charge in [-0.3, -0.25) is 14.9 Å². The Morgan fingerprint density at radius 2 is 1.85 bits per heavy atom. The van der Waals surface area contributed by atoms with Crippen LogP contribution in [0.25, 0.3) is 11.3 Å². The number of ether oxygens (including phenoxy) is 1. The lowest BCUT2D eigenvalue weighted by Gasteiger charge is -2.12. The van der Waals surface area contributed by atoms with E-state index in [-0.39, 0.29) is 11.4 Å². The zero-order chi connectivity index (χ0) is 18.8. The van der Waals surface area contributed by atoms with E-state index in [1.165, 1.54) is 18.2 Å². The van der Waals surface area contributed by atoms with E-state index in [1.54, 1.807) is 12.1 Å². The molecule has 0 N–H and O–H groups in total. The summed E-state index contributed by atoms with van der Waals surface area (Å²) in [5.74, 6) is 1.48. The lowest BCUT2D eigenvalue weighted by Crippen LogP contribution is -1.94. The second-order valence-corrected chi connectivity index (χ2v) is 6.10. The summed E-state index contributed by atoms with van der Waals surface area (Å²) >= 11 is 0. The lowest BCUT2D eigenvalue weighted by atomic mass is 10.1. The van der Waals surface area contributed by atoms with Crippen LogP contribution in [0.1, 0.15) is 27.2 Å². The second-order valence-electron chi connectivity index (χ2n) is 6.10. The van der Waals surface area contributed by atoms with Crippen LogP contribution in [0, 0.1) is 30.9 Å². The topological polar surface area (TPSA) is 82.6 Å². The Morgan fingerprint density at radius 3 is 2.50 bits per heavy atom. The Bertz CT molecular complexity index is 1000. The van der Waals surface area contributed by atoms with Gasteiger partial charge < -0.3 is 9.15 Å². The molecule has 6 heteroatoms. The third-order valence-electron chi connectivity index (χ3n) is 4.12. The number of nitro groups is 1. The van der Waals surface area contributed by atoms with Gasteiger partial charge in [-0.2, -0.15) is 0 Å². The summed E-state index contributed by atoms with van der Waals surface area (Å²) in [6.45, 7) is 5.88. The zero-order valence-corrected chi connectivity index (χ0v) is 14.6. The predicted molar refractivity (Wildman–Crippen MR) is 96.9 cm³/mol. The summed E-state index contributed by atoms with van der Waals surface area (Å²) < 4.78 is 11.3. The van der Waals surface area contributed by atoms with Gasteiger partial charge in [0.2, 0.25) is 0 Å². The van der Waals surface area contributed by atoms with Gasteiger partial charge in [-0.1, -0.05) is 6.07 Å². The van der Waals surface area contributed by atoms with Crippen molar-refractivity contribution < 1.29 is 18.9 Å². The van der Waals surface area contributed by atoms with Gasteiger partial charge in [0.15, 0.2) is 12.0 Å². The molecule has 0 aliphatic carbocycles. The van der Waals surface area contributed by atoms with Crippen LogP contribution < -0.4 is 4.74 Å². The molecule has 26 heavy (non-hydrogen) atoms. The van der Waals surface area contributed by atoms with E-state index in [0.29, 0.717) is 29.1 Å². The van der Waals surface area contributed by atoms with Crippen molar-refractivity contribution in [2.24, 2.45) is 0 Å². The molecule has 0 spiro atoms. The Morgan fingerprint density at radius 1 is 1.08 bits per heavy atom. The fourth-order valence-corrected chi connectivity index (χ4v) is 2.70. The molecule has 1 aromatic heterocycles. The standard InChI is InChI=1S/C20H17NO5/c1-12-6-13(2)14(3)20(7-12)26-18-9-15(8-16(10-18)21(23)24)19-5-4-17(11-22)25-19/h4-11H,1-3H3. The van der Waals surface area contributed by atoms with Gasteiger partial charge in [-0.15, -0.1) is 0 Å². The van der Waals surface area contributed by atoms with Crippen molar-refractivity contribution in [1.29, 1.82) is 0 Å². The van der Waals surface area contributed by atoms with Crippen LogP contribution in [0.2, 0.25) is 0 Å². The van der Waals surface area contributed by atoms with Gasteiger partial charge in [-0.05, 0) is 61.7 Å². The number of nitrogens with zero attached hydrogens (tertiary/aromatic N) is 1. The number of furan rings is 1. The summed E-state index contributed by atoms with van der Waals surface area (Å²) in [7, 11) is 0. The maximum absolute atomic E-state index is 11.3. The first-order chi connectivity index (χ1) is 12.4. The average Bonchev–Trinajstić information content (AvgIpc) is 3.08. The molecule has 0 saturated carbocycles. The van der Waals surface area contributed by atoms with Crippen molar-refractivity contribution in [3.63, 3.8) is 0 Å². The van der Waals surface area contributed by atoms with E-state index in [4.69, 9.17) is 9.15 Å². The molecule has 0 radical (unpaired) electrons. The molecule has 0 aliphatic heterocycles. The molecule has 132 valence electrons. The average molecular weight is 351 g/mol. The molecule has 0 fully saturated rings. The third kappa shape index (κ3) is 3.49. The van der Waals surface area contributed by atoms with Gasteiger partial charge in [0.25, 0.3) is 5.69 Å². The molecule has 0 aliphatic rings. The molecule has 0 atom stereocenters. The normalized spacial score (nSPS) is 10.6. The zero-order valence-electron chi connectivity index (χ0n) is 14.6. The Balaban J connectivity index is 2.07. The molecule has 3 aromatic rings. The number of hydrogen-bond donors (Lipinski definition) is 0. The molecular formula is C20H17NO5. The molecule has 2 aromatic carbocycles. The molecule has 6 nitrogen and oxygen atoms in total. The van der Waals surface area contributed by atoms with Crippen LogP contribution in [-0.2, 0) is 0 Å². The second kappa shape index (κ2) is 6.84. The fourth-order valence-electron chi connectivity index (χ4n) is 2.70. The first-order valence-electron chi connectivity index (χ1n) is 7.98. The SMILES string of the molecule is Cc1cc(C)c(C)c(Oc2cc(-c3ccc(C=O)o3)cc([N+](=O)[O-])c2)c1. The minimum Gasteiger partial charge on any atom is -0.457 e. The van der Waals surface area contributed by atoms with Crippen LogP contribution in [0.3, 0.4) is 0 Å². The van der Waals surface area contributed by atoms with E-state index in [2.05, 4.69) is 0 Å². The van der Waals surface area contributed by atoms with Crippen LogP contribution in [0.15, 0.2) is 46.9 Å². The van der Waals surface area contributed by atoms with E-state index in [9.17, 15) is 14.9 Å². The number of aldehydes is 1. The van der Waals surface area contributed by atoms with Crippen molar-refractivity contribution in [1.82, 2.24) is 0 Å². The van der Waals surface area contributed by atoms with E-state index in [0.717, 1.165) is 16.7 Å². The highest BCUT2D eigenvalue weighted by Gasteiger charge is 2.15. The van der Waals surface area contributed by atoms with Crippen molar-refractivity contribution in [2.45, 2.75) is 20.8 Å². The Kier molecular flexibility index (Phi) is 4.58. The molecular weight excluding hydrogens is 334 g/mol. The molecule has 1 heterocycles. The highest BCUT2D eigenvalue weighted by Crippen LogP contribution is 2.35. The number of non-ortho nitro benzene ring substituents is 1. The van der Waals surface area contributed by atoms with Crippen molar-refractivity contribution in [2.75, 3.05) is 0 Å². The molecule has 0 bridgehead atoms. The van der Waals surface area contributed by atoms with Gasteiger partial charge in [-0.25, -0.2) is 0 Å². The third-order valence-corrected chi connectivity index (χ3v) is 4.12. The van der Waals surface area contributed by atoms with E-state index < -0.39 is 4.92 Å². The fraction of sp³-hybridized carbons (Fsp3) is 0.150. The maximum Gasteiger partial charge on any atom is 0.273 e. The summed E-state index contributed by atoms with van der Waals surface area (Å²) in [5, 5.41) is 11.3. The Hall–Kier alpha value is -3.41. The molecule has 0 saturated heterocycles. The van der Waals surface area contributed by atoms with Crippen molar-refractivity contribution >= 4 is 12.0 Å². The van der Waals surface area contributed by atoms with Crippen LogP contribution >= 0.6 is 0 Å². The summed E-state index contributed by atoms with van der Waals surface area (Å²) in [6, 6.07) is 11.4. The minimum atomic E-state index is -0.492. The minimum absolute atomic E-state index is 0.122. The van der Waals surface area contributed by atoms with Crippen LogP contribution in [0.4, 0.5) is 5.69 Å². The van der Waals surface area contributed by atoms with Crippen LogP contribution in [-0.4, -0.2) is 11.2 Å². The van der Waals surface area contributed by atoms with Gasteiger partial charge in [0.1, 0.15) is 17.3 Å². The smallest absolute Gasteiger partial charge is 0.273 e. The van der Waals surface area contributed by atoms with Crippen molar-refractivity contribution in [3.05, 3.63) is 75.0 Å². The number of rotatable bonds is 5. The van der Waals surface area contributed by atoms with Gasteiger partial charge in [0, 0.05) is 11.6 Å². The van der Waals surface area contributed by atoms with Gasteiger partial charge in [0.05, 0.1) is 11.0 Å².